The number of hydrogen-bond acceptors (Lipinski definition) is 5. The van der Waals surface area contributed by atoms with Crippen LogP contribution in [0.3, 0.4) is 0 Å². The zero-order valence-electron chi connectivity index (χ0n) is 10.4. The van der Waals surface area contributed by atoms with Crippen LogP contribution in [0.15, 0.2) is 18.5 Å². The van der Waals surface area contributed by atoms with Crippen LogP contribution in [-0.4, -0.2) is 22.9 Å². The van der Waals surface area contributed by atoms with E-state index in [0.717, 1.165) is 16.3 Å². The lowest BCUT2D eigenvalue weighted by molar-refractivity contribution is 0.102. The summed E-state index contributed by atoms with van der Waals surface area (Å²) in [6.07, 6.45) is 3.30. The molecule has 0 aromatic carbocycles. The highest BCUT2D eigenvalue weighted by molar-refractivity contribution is 7.15. The molecule has 2 aromatic heterocycles. The molecule has 5 nitrogen and oxygen atoms in total. The third kappa shape index (κ3) is 2.65. The third-order valence-corrected chi connectivity index (χ3v) is 3.22. The average Bonchev–Trinajstić information content (AvgIpc) is 2.74. The van der Waals surface area contributed by atoms with Crippen LogP contribution in [0, 0.1) is 13.8 Å². The highest BCUT2D eigenvalue weighted by Crippen LogP contribution is 2.20. The van der Waals surface area contributed by atoms with Gasteiger partial charge in [-0.05, 0) is 19.9 Å². The lowest BCUT2D eigenvalue weighted by atomic mass is 10.2. The number of nitrogens with one attached hydrogen (secondary N) is 2. The second kappa shape index (κ2) is 5.14. The van der Waals surface area contributed by atoms with Crippen molar-refractivity contribution in [2.24, 2.45) is 0 Å². The third-order valence-electron chi connectivity index (χ3n) is 2.40. The number of nitrogens with zero attached hydrogens (tertiary/aromatic N) is 2. The fraction of sp³-hybridized carbons (Fsp3) is 0.250. The van der Waals surface area contributed by atoms with Crippen molar-refractivity contribution in [3.63, 3.8) is 0 Å². The maximum Gasteiger partial charge on any atom is 0.261 e. The van der Waals surface area contributed by atoms with Crippen LogP contribution in [0.5, 0.6) is 0 Å². The molecule has 0 spiro atoms. The molecular weight excluding hydrogens is 248 g/mol. The zero-order chi connectivity index (χ0) is 13.1. The first-order chi connectivity index (χ1) is 8.60. The van der Waals surface area contributed by atoms with Crippen LogP contribution >= 0.6 is 11.3 Å². The Hall–Kier alpha value is -1.95. The summed E-state index contributed by atoms with van der Waals surface area (Å²) in [5, 5.41) is 6.35. The number of pyridine rings is 1. The topological polar surface area (TPSA) is 66.9 Å². The number of carbonyl (C=O) groups excluding carboxylic acids is 1. The van der Waals surface area contributed by atoms with Gasteiger partial charge < -0.3 is 5.32 Å². The lowest BCUT2D eigenvalue weighted by Gasteiger charge is -2.08. The molecule has 0 aliphatic rings. The summed E-state index contributed by atoms with van der Waals surface area (Å²) >= 11 is 1.44. The Morgan fingerprint density at radius 2 is 2.06 bits per heavy atom. The first kappa shape index (κ1) is 12.5. The van der Waals surface area contributed by atoms with Gasteiger partial charge in [-0.2, -0.15) is 0 Å². The number of aromatic nitrogens is 2. The van der Waals surface area contributed by atoms with Crippen molar-refractivity contribution >= 4 is 28.1 Å². The number of aryl methyl sites for hydroxylation is 2. The first-order valence-corrected chi connectivity index (χ1v) is 6.30. The molecule has 0 aliphatic carbocycles. The van der Waals surface area contributed by atoms with Gasteiger partial charge in [0, 0.05) is 30.0 Å². The van der Waals surface area contributed by atoms with E-state index < -0.39 is 0 Å². The summed E-state index contributed by atoms with van der Waals surface area (Å²) in [5.41, 5.74) is 2.13. The minimum absolute atomic E-state index is 0.207. The maximum atomic E-state index is 12.1. The number of amides is 1. The number of hydrogen-bond donors (Lipinski definition) is 2. The van der Waals surface area contributed by atoms with Crippen LogP contribution in [0.2, 0.25) is 0 Å². The van der Waals surface area contributed by atoms with Gasteiger partial charge >= 0.3 is 0 Å². The van der Waals surface area contributed by atoms with Crippen molar-refractivity contribution in [3.05, 3.63) is 34.6 Å². The minimum Gasteiger partial charge on any atom is -0.387 e. The van der Waals surface area contributed by atoms with Gasteiger partial charge in [0.25, 0.3) is 5.91 Å². The van der Waals surface area contributed by atoms with Crippen LogP contribution < -0.4 is 10.6 Å². The lowest BCUT2D eigenvalue weighted by Crippen LogP contribution is -2.14. The average molecular weight is 262 g/mol. The Labute approximate surface area is 109 Å². The van der Waals surface area contributed by atoms with Gasteiger partial charge in [0.15, 0.2) is 5.13 Å². The number of anilines is 2. The molecule has 0 saturated heterocycles. The summed E-state index contributed by atoms with van der Waals surface area (Å²) in [5.74, 6) is -0.207. The fourth-order valence-electron chi connectivity index (χ4n) is 1.52. The molecule has 1 amide bonds. The van der Waals surface area contributed by atoms with E-state index >= 15 is 0 Å². The fourth-order valence-corrected chi connectivity index (χ4v) is 2.18. The molecule has 0 fully saturated rings. The van der Waals surface area contributed by atoms with Gasteiger partial charge in [-0.15, -0.1) is 11.3 Å². The molecular formula is C12H14N4OS. The molecule has 0 atom stereocenters. The summed E-state index contributed by atoms with van der Waals surface area (Å²) in [6, 6.07) is 1.84. The van der Waals surface area contributed by atoms with Crippen LogP contribution in [0.25, 0.3) is 0 Å². The second-order valence-corrected chi connectivity index (χ2v) is 5.09. The Morgan fingerprint density at radius 1 is 1.28 bits per heavy atom. The number of carbonyl (C=O) groups is 1. The summed E-state index contributed by atoms with van der Waals surface area (Å²) in [7, 11) is 1.78. The first-order valence-electron chi connectivity index (χ1n) is 5.48. The molecule has 2 N–H and O–H groups in total. The van der Waals surface area contributed by atoms with Crippen LogP contribution in [-0.2, 0) is 0 Å². The van der Waals surface area contributed by atoms with Crippen LogP contribution in [0.1, 0.15) is 20.9 Å². The largest absolute Gasteiger partial charge is 0.387 e. The van der Waals surface area contributed by atoms with Gasteiger partial charge in [-0.25, -0.2) is 4.98 Å². The van der Waals surface area contributed by atoms with Crippen molar-refractivity contribution in [3.8, 4) is 0 Å². The van der Waals surface area contributed by atoms with E-state index in [4.69, 9.17) is 0 Å². The smallest absolute Gasteiger partial charge is 0.261 e. The summed E-state index contributed by atoms with van der Waals surface area (Å²) in [4.78, 5) is 21.4. The molecule has 0 unspecified atom stereocenters. The second-order valence-electron chi connectivity index (χ2n) is 3.85. The maximum absolute atomic E-state index is 12.1. The molecule has 2 heterocycles. The normalized spacial score (nSPS) is 10.2. The van der Waals surface area contributed by atoms with E-state index in [1.165, 1.54) is 11.3 Å². The quantitative estimate of drug-likeness (QED) is 0.891. The molecule has 2 rings (SSSR count). The van der Waals surface area contributed by atoms with Crippen molar-refractivity contribution in [2.75, 3.05) is 17.7 Å². The molecule has 0 radical (unpaired) electrons. The number of rotatable bonds is 3. The van der Waals surface area contributed by atoms with Gasteiger partial charge in [-0.1, -0.05) is 0 Å². The van der Waals surface area contributed by atoms with E-state index in [9.17, 15) is 4.79 Å². The molecule has 0 saturated carbocycles. The SMILES string of the molecule is CNc1cc(C)ncc1C(=O)Nc1ncc(C)s1. The summed E-state index contributed by atoms with van der Waals surface area (Å²) < 4.78 is 0. The van der Waals surface area contributed by atoms with E-state index in [-0.39, 0.29) is 5.91 Å². The van der Waals surface area contributed by atoms with Gasteiger partial charge in [0.2, 0.25) is 0 Å². The molecule has 0 bridgehead atoms. The predicted octanol–water partition coefficient (Wildman–Crippen LogP) is 2.45. The van der Waals surface area contributed by atoms with Crippen molar-refractivity contribution in [2.45, 2.75) is 13.8 Å². The van der Waals surface area contributed by atoms with Gasteiger partial charge in [0.05, 0.1) is 11.3 Å². The number of thiazole rings is 1. The van der Waals surface area contributed by atoms with E-state index in [2.05, 4.69) is 20.6 Å². The van der Waals surface area contributed by atoms with E-state index in [0.29, 0.717) is 10.7 Å². The zero-order valence-corrected chi connectivity index (χ0v) is 11.3. The van der Waals surface area contributed by atoms with Crippen LogP contribution in [0.4, 0.5) is 10.8 Å². The molecule has 18 heavy (non-hydrogen) atoms. The highest BCUT2D eigenvalue weighted by atomic mass is 32.1. The van der Waals surface area contributed by atoms with E-state index in [1.54, 1.807) is 19.4 Å². The Bertz CT molecular complexity index is 579. The van der Waals surface area contributed by atoms with Crippen molar-refractivity contribution in [1.29, 1.82) is 0 Å². The summed E-state index contributed by atoms with van der Waals surface area (Å²) in [6.45, 7) is 3.83. The Kier molecular flexibility index (Phi) is 3.57. The molecule has 6 heteroatoms. The van der Waals surface area contributed by atoms with Crippen molar-refractivity contribution < 1.29 is 4.79 Å². The Morgan fingerprint density at radius 3 is 2.67 bits per heavy atom. The standard InChI is InChI=1S/C12H14N4OS/c1-7-4-10(13-3)9(6-14-7)11(17)16-12-15-5-8(2)18-12/h4-6H,1-3H3,(H,13,14)(H,15,16,17). The molecule has 0 aliphatic heterocycles. The highest BCUT2D eigenvalue weighted by Gasteiger charge is 2.13. The predicted molar refractivity (Wildman–Crippen MR) is 73.3 cm³/mol. The van der Waals surface area contributed by atoms with Gasteiger partial charge in [0.1, 0.15) is 0 Å². The molecule has 94 valence electrons. The minimum atomic E-state index is -0.207. The Balaban J connectivity index is 2.23. The monoisotopic (exact) mass is 262 g/mol. The van der Waals surface area contributed by atoms with Gasteiger partial charge in [-0.3, -0.25) is 15.1 Å². The van der Waals surface area contributed by atoms with E-state index in [1.807, 2.05) is 19.9 Å². The molecule has 2 aromatic rings. The van der Waals surface area contributed by atoms with Crippen molar-refractivity contribution in [1.82, 2.24) is 9.97 Å².